The maximum Gasteiger partial charge on any atom is 0.306 e. The molecule has 218 valence electrons. The maximum absolute atomic E-state index is 13.8. The van der Waals surface area contributed by atoms with Crippen molar-refractivity contribution in [2.75, 3.05) is 47.0 Å². The zero-order chi connectivity index (χ0) is 28.3. The van der Waals surface area contributed by atoms with Gasteiger partial charge in [0.2, 0.25) is 10.0 Å². The Morgan fingerprint density at radius 1 is 1.12 bits per heavy atom. The number of sulfonamides is 1. The molecule has 3 saturated heterocycles. The molecule has 2 aromatic carbocycles. The molecular formula is C29H38N2O8S. The minimum atomic E-state index is -3.92. The highest BCUT2D eigenvalue weighted by molar-refractivity contribution is 7.89. The zero-order valence-corrected chi connectivity index (χ0v) is 23.7. The average molecular weight is 575 g/mol. The van der Waals surface area contributed by atoms with Crippen LogP contribution in [0.4, 0.5) is 0 Å². The van der Waals surface area contributed by atoms with Crippen LogP contribution in [0.15, 0.2) is 59.5 Å². The summed E-state index contributed by atoms with van der Waals surface area (Å²) >= 11 is 0. The lowest BCUT2D eigenvalue weighted by molar-refractivity contribution is -0.153. The number of benzene rings is 2. The fourth-order valence-corrected chi connectivity index (χ4v) is 7.37. The molecule has 3 aliphatic rings. The Bertz CT molecular complexity index is 1240. The van der Waals surface area contributed by atoms with E-state index in [-0.39, 0.29) is 48.8 Å². The van der Waals surface area contributed by atoms with Gasteiger partial charge in [-0.2, -0.15) is 4.31 Å². The molecule has 0 amide bonds. The molecule has 0 aromatic heterocycles. The van der Waals surface area contributed by atoms with E-state index in [0.717, 1.165) is 12.0 Å². The SMILES string of the molecule is COc1ccc(S(=O)(=O)N(C[C@@H](O)[C@@H](CC(=O)O[C@@H]2CO[C@@H]3OCC[C@@H]32)Cc2ccccc2)C2CN(C)C2)cc1. The van der Waals surface area contributed by atoms with E-state index in [0.29, 0.717) is 31.9 Å². The summed E-state index contributed by atoms with van der Waals surface area (Å²) in [5, 5.41) is 11.5. The number of hydrogen-bond donors (Lipinski definition) is 1. The quantitative estimate of drug-likeness (QED) is 0.380. The Morgan fingerprint density at radius 2 is 1.85 bits per heavy atom. The van der Waals surface area contributed by atoms with Crippen molar-refractivity contribution in [3.05, 3.63) is 60.2 Å². The molecule has 0 saturated carbocycles. The molecular weight excluding hydrogens is 536 g/mol. The topological polar surface area (TPSA) is 115 Å². The summed E-state index contributed by atoms with van der Waals surface area (Å²) in [5.41, 5.74) is 0.945. The predicted molar refractivity (Wildman–Crippen MR) is 146 cm³/mol. The first-order valence-corrected chi connectivity index (χ1v) is 15.2. The molecule has 2 aromatic rings. The van der Waals surface area contributed by atoms with Crippen LogP contribution in [0, 0.1) is 11.8 Å². The number of esters is 1. The van der Waals surface area contributed by atoms with Gasteiger partial charge in [0, 0.05) is 25.6 Å². The molecule has 3 heterocycles. The molecule has 0 bridgehead atoms. The second-order valence-electron chi connectivity index (χ2n) is 10.9. The van der Waals surface area contributed by atoms with Gasteiger partial charge in [-0.3, -0.25) is 4.79 Å². The first-order valence-electron chi connectivity index (χ1n) is 13.7. The summed E-state index contributed by atoms with van der Waals surface area (Å²) < 4.78 is 51.1. The van der Waals surface area contributed by atoms with E-state index >= 15 is 0 Å². The van der Waals surface area contributed by atoms with Crippen molar-refractivity contribution in [3.8, 4) is 5.75 Å². The Kier molecular flexibility index (Phi) is 9.08. The number of hydrogen-bond acceptors (Lipinski definition) is 9. The van der Waals surface area contributed by atoms with Crippen molar-refractivity contribution in [1.82, 2.24) is 9.21 Å². The van der Waals surface area contributed by atoms with Gasteiger partial charge in [0.05, 0.1) is 49.7 Å². The first kappa shape index (κ1) is 29.0. The number of rotatable bonds is 12. The van der Waals surface area contributed by atoms with Crippen molar-refractivity contribution in [1.29, 1.82) is 0 Å². The number of nitrogens with zero attached hydrogens (tertiary/aromatic N) is 2. The second-order valence-corrected chi connectivity index (χ2v) is 12.8. The molecule has 3 fully saturated rings. The van der Waals surface area contributed by atoms with Crippen LogP contribution in [0.1, 0.15) is 18.4 Å². The molecule has 3 aliphatic heterocycles. The normalized spacial score (nSPS) is 24.9. The largest absolute Gasteiger partial charge is 0.497 e. The number of aliphatic hydroxyl groups excluding tert-OH is 1. The van der Waals surface area contributed by atoms with E-state index < -0.39 is 28.0 Å². The Labute approximate surface area is 235 Å². The van der Waals surface area contributed by atoms with Crippen molar-refractivity contribution < 1.29 is 37.3 Å². The highest BCUT2D eigenvalue weighted by Gasteiger charge is 2.44. The van der Waals surface area contributed by atoms with E-state index in [4.69, 9.17) is 18.9 Å². The molecule has 1 N–H and O–H groups in total. The molecule has 0 unspecified atom stereocenters. The molecule has 0 aliphatic carbocycles. The smallest absolute Gasteiger partial charge is 0.306 e. The fraction of sp³-hybridized carbons (Fsp3) is 0.552. The van der Waals surface area contributed by atoms with Gasteiger partial charge >= 0.3 is 5.97 Å². The Morgan fingerprint density at radius 3 is 2.52 bits per heavy atom. The highest BCUT2D eigenvalue weighted by Crippen LogP contribution is 2.34. The molecule has 11 heteroatoms. The minimum Gasteiger partial charge on any atom is -0.497 e. The van der Waals surface area contributed by atoms with Crippen molar-refractivity contribution in [2.45, 2.75) is 48.7 Å². The summed E-state index contributed by atoms with van der Waals surface area (Å²) in [5.74, 6) is -0.422. The number of methoxy groups -OCH3 is 1. The molecule has 10 nitrogen and oxygen atoms in total. The number of aliphatic hydroxyl groups is 1. The molecule has 0 radical (unpaired) electrons. The Hall–Kier alpha value is -2.54. The zero-order valence-electron chi connectivity index (χ0n) is 22.9. The second kappa shape index (κ2) is 12.5. The number of likely N-dealkylation sites (tertiary alicyclic amines) is 1. The van der Waals surface area contributed by atoms with Crippen molar-refractivity contribution in [2.24, 2.45) is 11.8 Å². The van der Waals surface area contributed by atoms with E-state index in [2.05, 4.69) is 0 Å². The van der Waals surface area contributed by atoms with Gasteiger partial charge in [-0.1, -0.05) is 30.3 Å². The van der Waals surface area contributed by atoms with Crippen molar-refractivity contribution >= 4 is 16.0 Å². The van der Waals surface area contributed by atoms with Crippen LogP contribution < -0.4 is 4.74 Å². The predicted octanol–water partition coefficient (Wildman–Crippen LogP) is 1.91. The lowest BCUT2D eigenvalue weighted by Gasteiger charge is -2.43. The summed E-state index contributed by atoms with van der Waals surface area (Å²) in [7, 11) is -0.479. The van der Waals surface area contributed by atoms with Gasteiger partial charge in [0.15, 0.2) is 6.29 Å². The van der Waals surface area contributed by atoms with Crippen LogP contribution in [0.2, 0.25) is 0 Å². The number of carbonyl (C=O) groups is 1. The van der Waals surface area contributed by atoms with E-state index in [1.54, 1.807) is 12.1 Å². The van der Waals surface area contributed by atoms with E-state index in [1.165, 1.54) is 23.5 Å². The molecule has 40 heavy (non-hydrogen) atoms. The summed E-state index contributed by atoms with van der Waals surface area (Å²) in [6, 6.07) is 15.5. The van der Waals surface area contributed by atoms with Gasteiger partial charge < -0.3 is 29.0 Å². The third-order valence-corrected chi connectivity index (χ3v) is 10.00. The van der Waals surface area contributed by atoms with Crippen LogP contribution >= 0.6 is 0 Å². The third-order valence-electron chi connectivity index (χ3n) is 8.07. The highest BCUT2D eigenvalue weighted by atomic mass is 32.2. The number of likely N-dealkylation sites (N-methyl/N-ethyl adjacent to an activating group) is 1. The van der Waals surface area contributed by atoms with Crippen LogP contribution in [0.5, 0.6) is 5.75 Å². The van der Waals surface area contributed by atoms with Crippen LogP contribution in [-0.4, -0.2) is 100 Å². The van der Waals surface area contributed by atoms with Gasteiger partial charge in [-0.15, -0.1) is 0 Å². The summed E-state index contributed by atoms with van der Waals surface area (Å²) in [6.07, 6.45) is -0.700. The van der Waals surface area contributed by atoms with E-state index in [9.17, 15) is 18.3 Å². The van der Waals surface area contributed by atoms with Gasteiger partial charge in [-0.05, 0) is 49.7 Å². The molecule has 0 spiro atoms. The van der Waals surface area contributed by atoms with Gasteiger partial charge in [0.25, 0.3) is 0 Å². The lowest BCUT2D eigenvalue weighted by Crippen LogP contribution is -2.60. The summed E-state index contributed by atoms with van der Waals surface area (Å²) in [4.78, 5) is 15.3. The van der Waals surface area contributed by atoms with Gasteiger partial charge in [-0.25, -0.2) is 8.42 Å². The maximum atomic E-state index is 13.8. The Balaban J connectivity index is 1.33. The third kappa shape index (κ3) is 6.50. The van der Waals surface area contributed by atoms with Crippen molar-refractivity contribution in [3.63, 3.8) is 0 Å². The fourth-order valence-electron chi connectivity index (χ4n) is 5.75. The van der Waals surface area contributed by atoms with E-state index in [1.807, 2.05) is 42.3 Å². The number of fused-ring (bicyclic) bond motifs is 1. The van der Waals surface area contributed by atoms with Gasteiger partial charge in [0.1, 0.15) is 11.9 Å². The monoisotopic (exact) mass is 574 g/mol. The number of ether oxygens (including phenoxy) is 4. The first-order chi connectivity index (χ1) is 19.2. The van der Waals surface area contributed by atoms with Crippen LogP contribution in [0.25, 0.3) is 0 Å². The molecule has 5 rings (SSSR count). The molecule has 5 atom stereocenters. The van der Waals surface area contributed by atoms with Crippen LogP contribution in [0.3, 0.4) is 0 Å². The lowest BCUT2D eigenvalue weighted by atomic mass is 9.90. The van der Waals surface area contributed by atoms with Crippen LogP contribution in [-0.2, 0) is 35.4 Å². The minimum absolute atomic E-state index is 0.0159. The number of carbonyl (C=O) groups excluding carboxylic acids is 1. The average Bonchev–Trinajstić information content (AvgIpc) is 3.55. The summed E-state index contributed by atoms with van der Waals surface area (Å²) in [6.45, 7) is 1.84. The standard InChI is InChI=1S/C29H38N2O8S/c1-30-16-22(17-30)31(40(34,35)24-10-8-23(36-2)9-11-24)18-26(32)21(14-20-6-4-3-5-7-20)15-28(33)39-27-19-38-29-25(27)12-13-37-29/h3-11,21-22,25-27,29,32H,12-19H2,1-2H3/t21-,25-,26-,27-,29+/m1/s1.